The van der Waals surface area contributed by atoms with E-state index in [2.05, 4.69) is 15.5 Å². The number of carbonyl (C=O) groups excluding carboxylic acids is 1. The second kappa shape index (κ2) is 7.13. The van der Waals surface area contributed by atoms with Crippen LogP contribution in [0.5, 0.6) is 0 Å². The maximum absolute atomic E-state index is 11.9. The molecule has 118 valence electrons. The minimum Gasteiger partial charge on any atom is -0.376 e. The number of aromatic amines is 1. The summed E-state index contributed by atoms with van der Waals surface area (Å²) < 4.78 is 7.11. The summed E-state index contributed by atoms with van der Waals surface area (Å²) in [7, 11) is 0. The minimum absolute atomic E-state index is 0.0550. The molecule has 0 saturated carbocycles. The number of H-pyrrole nitrogens is 1. The van der Waals surface area contributed by atoms with Gasteiger partial charge in [0.05, 0.1) is 17.9 Å². The predicted molar refractivity (Wildman–Crippen MR) is 80.4 cm³/mol. The Labute approximate surface area is 127 Å². The highest BCUT2D eigenvalue weighted by Crippen LogP contribution is 2.22. The topological polar surface area (TPSA) is 89.0 Å². The third kappa shape index (κ3) is 4.34. The molecule has 1 amide bonds. The van der Waals surface area contributed by atoms with Gasteiger partial charge in [-0.25, -0.2) is 9.89 Å². The number of nitrogens with one attached hydrogen (secondary N) is 2. The van der Waals surface area contributed by atoms with Crippen LogP contribution in [-0.4, -0.2) is 44.7 Å². The molecule has 0 bridgehead atoms. The van der Waals surface area contributed by atoms with Gasteiger partial charge in [0.15, 0.2) is 5.16 Å². The Hall–Kier alpha value is -1.28. The fraction of sp³-hybridized carbons (Fsp3) is 0.769. The van der Waals surface area contributed by atoms with Crippen molar-refractivity contribution in [1.29, 1.82) is 0 Å². The number of hydrogen-bond acceptors (Lipinski definition) is 5. The zero-order valence-corrected chi connectivity index (χ0v) is 13.4. The molecular weight excluding hydrogens is 292 g/mol. The molecule has 1 aromatic heterocycles. The van der Waals surface area contributed by atoms with Crippen LogP contribution in [0.25, 0.3) is 0 Å². The smallest absolute Gasteiger partial charge is 0.344 e. The molecule has 1 aliphatic heterocycles. The summed E-state index contributed by atoms with van der Waals surface area (Å²) in [4.78, 5) is 23.8. The van der Waals surface area contributed by atoms with Crippen molar-refractivity contribution in [2.75, 3.05) is 6.61 Å². The first-order chi connectivity index (χ1) is 9.97. The SMILES string of the molecule is CC(C)NC(=O)[C@@H](C)Sc1n[nH]c(=O)n1C[C@@H]1CCCO1. The van der Waals surface area contributed by atoms with E-state index in [1.165, 1.54) is 11.8 Å². The summed E-state index contributed by atoms with van der Waals surface area (Å²) in [6, 6.07) is 0.0915. The van der Waals surface area contributed by atoms with E-state index in [4.69, 9.17) is 4.74 Å². The van der Waals surface area contributed by atoms with E-state index in [1.54, 1.807) is 11.5 Å². The van der Waals surface area contributed by atoms with Gasteiger partial charge in [0.2, 0.25) is 5.91 Å². The Morgan fingerprint density at radius 3 is 2.95 bits per heavy atom. The van der Waals surface area contributed by atoms with Crippen molar-refractivity contribution in [2.24, 2.45) is 0 Å². The molecular formula is C13H22N4O3S. The van der Waals surface area contributed by atoms with Gasteiger partial charge in [-0.15, -0.1) is 5.10 Å². The van der Waals surface area contributed by atoms with Crippen LogP contribution in [0.4, 0.5) is 0 Å². The summed E-state index contributed by atoms with van der Waals surface area (Å²) >= 11 is 1.28. The fourth-order valence-corrected chi connectivity index (χ4v) is 3.03. The van der Waals surface area contributed by atoms with E-state index in [0.717, 1.165) is 19.4 Å². The van der Waals surface area contributed by atoms with Crippen molar-refractivity contribution in [2.45, 2.75) is 62.7 Å². The van der Waals surface area contributed by atoms with E-state index in [1.807, 2.05) is 13.8 Å². The lowest BCUT2D eigenvalue weighted by Crippen LogP contribution is -2.36. The highest BCUT2D eigenvalue weighted by atomic mass is 32.2. The molecule has 2 heterocycles. The average molecular weight is 314 g/mol. The van der Waals surface area contributed by atoms with Crippen molar-refractivity contribution < 1.29 is 9.53 Å². The first kappa shape index (κ1) is 16.1. The van der Waals surface area contributed by atoms with Crippen LogP contribution in [-0.2, 0) is 16.1 Å². The Balaban J connectivity index is 2.02. The molecule has 0 aromatic carbocycles. The van der Waals surface area contributed by atoms with Gasteiger partial charge in [0, 0.05) is 12.6 Å². The Bertz CT molecular complexity index is 534. The number of rotatable bonds is 6. The van der Waals surface area contributed by atoms with Crippen LogP contribution in [0, 0.1) is 0 Å². The normalized spacial score (nSPS) is 19.9. The summed E-state index contributed by atoms with van der Waals surface area (Å²) in [5, 5.41) is 9.53. The van der Waals surface area contributed by atoms with Crippen molar-refractivity contribution in [3.63, 3.8) is 0 Å². The summed E-state index contributed by atoms with van der Waals surface area (Å²) in [6.45, 7) is 6.86. The molecule has 1 aromatic rings. The molecule has 0 unspecified atom stereocenters. The van der Waals surface area contributed by atoms with Gasteiger partial charge in [0.1, 0.15) is 0 Å². The lowest BCUT2D eigenvalue weighted by atomic mass is 10.2. The molecule has 0 spiro atoms. The van der Waals surface area contributed by atoms with Gasteiger partial charge < -0.3 is 10.1 Å². The number of amides is 1. The number of hydrogen-bond donors (Lipinski definition) is 2. The number of ether oxygens (including phenoxy) is 1. The standard InChI is InChI=1S/C13H22N4O3S/c1-8(2)14-11(18)9(3)21-13-16-15-12(19)17(13)7-10-5-4-6-20-10/h8-10H,4-7H2,1-3H3,(H,14,18)(H,15,19)/t9-,10+/m1/s1. The van der Waals surface area contributed by atoms with Crippen LogP contribution in [0.1, 0.15) is 33.6 Å². The zero-order valence-electron chi connectivity index (χ0n) is 12.6. The lowest BCUT2D eigenvalue weighted by Gasteiger charge is -2.15. The van der Waals surface area contributed by atoms with Crippen molar-refractivity contribution in [3.05, 3.63) is 10.5 Å². The molecule has 1 saturated heterocycles. The third-order valence-electron chi connectivity index (χ3n) is 3.22. The minimum atomic E-state index is -0.314. The molecule has 1 aliphatic rings. The highest BCUT2D eigenvalue weighted by Gasteiger charge is 2.22. The number of thioether (sulfide) groups is 1. The third-order valence-corrected chi connectivity index (χ3v) is 4.31. The molecule has 7 nitrogen and oxygen atoms in total. The van der Waals surface area contributed by atoms with Gasteiger partial charge in [-0.3, -0.25) is 9.36 Å². The first-order valence-electron chi connectivity index (χ1n) is 7.21. The van der Waals surface area contributed by atoms with Crippen molar-refractivity contribution in [1.82, 2.24) is 20.1 Å². The van der Waals surface area contributed by atoms with Crippen LogP contribution < -0.4 is 11.0 Å². The summed E-state index contributed by atoms with van der Waals surface area (Å²) in [5.41, 5.74) is -0.260. The van der Waals surface area contributed by atoms with Crippen LogP contribution in [0.3, 0.4) is 0 Å². The van der Waals surface area contributed by atoms with Crippen LogP contribution in [0.2, 0.25) is 0 Å². The summed E-state index contributed by atoms with van der Waals surface area (Å²) in [5.74, 6) is -0.0610. The molecule has 8 heteroatoms. The molecule has 21 heavy (non-hydrogen) atoms. The van der Waals surface area contributed by atoms with Gasteiger partial charge in [-0.2, -0.15) is 0 Å². The summed E-state index contributed by atoms with van der Waals surface area (Å²) in [6.07, 6.45) is 2.03. The van der Waals surface area contributed by atoms with E-state index in [9.17, 15) is 9.59 Å². The molecule has 1 fully saturated rings. The Morgan fingerprint density at radius 1 is 1.57 bits per heavy atom. The second-order valence-corrected chi connectivity index (χ2v) is 6.79. The maximum atomic E-state index is 11.9. The molecule has 0 aliphatic carbocycles. The molecule has 2 rings (SSSR count). The largest absolute Gasteiger partial charge is 0.376 e. The van der Waals surface area contributed by atoms with Crippen molar-refractivity contribution in [3.8, 4) is 0 Å². The number of aromatic nitrogens is 3. The fourth-order valence-electron chi connectivity index (χ4n) is 2.16. The van der Waals surface area contributed by atoms with Crippen molar-refractivity contribution >= 4 is 17.7 Å². The van der Waals surface area contributed by atoms with E-state index >= 15 is 0 Å². The first-order valence-corrected chi connectivity index (χ1v) is 8.09. The maximum Gasteiger partial charge on any atom is 0.344 e. The second-order valence-electron chi connectivity index (χ2n) is 5.48. The molecule has 2 atom stereocenters. The Morgan fingerprint density at radius 2 is 2.33 bits per heavy atom. The molecule has 0 radical (unpaired) electrons. The average Bonchev–Trinajstić information content (AvgIpc) is 3.03. The van der Waals surface area contributed by atoms with E-state index in [0.29, 0.717) is 11.7 Å². The van der Waals surface area contributed by atoms with Gasteiger partial charge in [-0.05, 0) is 33.6 Å². The van der Waals surface area contributed by atoms with Crippen LogP contribution >= 0.6 is 11.8 Å². The van der Waals surface area contributed by atoms with Gasteiger partial charge in [-0.1, -0.05) is 11.8 Å². The van der Waals surface area contributed by atoms with Gasteiger partial charge >= 0.3 is 5.69 Å². The molecule has 2 N–H and O–H groups in total. The number of nitrogens with zero attached hydrogens (tertiary/aromatic N) is 2. The quantitative estimate of drug-likeness (QED) is 0.757. The van der Waals surface area contributed by atoms with Gasteiger partial charge in [0.25, 0.3) is 0 Å². The van der Waals surface area contributed by atoms with Crippen LogP contribution in [0.15, 0.2) is 9.95 Å². The highest BCUT2D eigenvalue weighted by molar-refractivity contribution is 8.00. The predicted octanol–water partition coefficient (Wildman–Crippen LogP) is 0.756. The van der Waals surface area contributed by atoms with E-state index in [-0.39, 0.29) is 29.0 Å². The Kier molecular flexibility index (Phi) is 5.46. The van der Waals surface area contributed by atoms with E-state index < -0.39 is 0 Å². The zero-order chi connectivity index (χ0) is 15.4. The number of carbonyl (C=O) groups is 1. The lowest BCUT2D eigenvalue weighted by molar-refractivity contribution is -0.120. The monoisotopic (exact) mass is 314 g/mol.